The van der Waals surface area contributed by atoms with E-state index in [1.807, 2.05) is 4.90 Å². The van der Waals surface area contributed by atoms with Crippen molar-refractivity contribution in [2.45, 2.75) is 64.5 Å². The van der Waals surface area contributed by atoms with Crippen molar-refractivity contribution in [1.82, 2.24) is 20.9 Å². The number of likely N-dealkylation sites (tertiary alicyclic amines) is 1. The molecule has 0 spiro atoms. The van der Waals surface area contributed by atoms with Gasteiger partial charge in [-0.2, -0.15) is 0 Å². The molecule has 2 rings (SSSR count). The Balaban J connectivity index is 0.00000312. The van der Waals surface area contributed by atoms with Gasteiger partial charge in [0, 0.05) is 50.7 Å². The normalized spacial score (nSPS) is 22.0. The molecule has 3 N–H and O–H groups in total. The maximum atomic E-state index is 12.5. The molecule has 1 aliphatic heterocycles. The van der Waals surface area contributed by atoms with Crippen molar-refractivity contribution in [1.29, 1.82) is 0 Å². The number of halogens is 1. The highest BCUT2D eigenvalue weighted by Crippen LogP contribution is 2.27. The maximum absolute atomic E-state index is 12.5. The summed E-state index contributed by atoms with van der Waals surface area (Å²) in [6.45, 7) is 9.87. The van der Waals surface area contributed by atoms with E-state index in [9.17, 15) is 4.79 Å². The number of carbonyl (C=O) groups is 1. The monoisotopic (exact) mass is 465 g/mol. The van der Waals surface area contributed by atoms with E-state index in [-0.39, 0.29) is 35.4 Å². The summed E-state index contributed by atoms with van der Waals surface area (Å²) in [6.07, 6.45) is 5.59. The molecule has 1 saturated heterocycles. The Hall–Kier alpha value is -0.570. The molecule has 7 heteroatoms. The van der Waals surface area contributed by atoms with E-state index in [4.69, 9.17) is 0 Å². The molecule has 1 saturated carbocycles. The lowest BCUT2D eigenvalue weighted by atomic mass is 10.1. The van der Waals surface area contributed by atoms with E-state index in [0.29, 0.717) is 11.9 Å². The molecule has 0 aromatic carbocycles. The van der Waals surface area contributed by atoms with Crippen molar-refractivity contribution in [3.05, 3.63) is 0 Å². The van der Waals surface area contributed by atoms with Crippen LogP contribution in [0.4, 0.5) is 0 Å². The summed E-state index contributed by atoms with van der Waals surface area (Å²) in [5.41, 5.74) is 0.130. The van der Waals surface area contributed by atoms with E-state index in [1.54, 1.807) is 7.05 Å². The quantitative estimate of drug-likeness (QED) is 0.251. The van der Waals surface area contributed by atoms with Gasteiger partial charge < -0.3 is 20.9 Å². The van der Waals surface area contributed by atoms with Gasteiger partial charge in [0.1, 0.15) is 0 Å². The van der Waals surface area contributed by atoms with Crippen molar-refractivity contribution in [3.63, 3.8) is 0 Å². The zero-order valence-corrected chi connectivity index (χ0v) is 18.6. The Kier molecular flexibility index (Phi) is 9.48. The van der Waals surface area contributed by atoms with Crippen molar-refractivity contribution < 1.29 is 4.79 Å². The van der Waals surface area contributed by atoms with Gasteiger partial charge in [0.25, 0.3) is 0 Å². The second kappa shape index (κ2) is 10.5. The number of hydrogen-bond donors (Lipinski definition) is 3. The minimum absolute atomic E-state index is 0. The van der Waals surface area contributed by atoms with Gasteiger partial charge in [0.05, 0.1) is 0 Å². The van der Waals surface area contributed by atoms with E-state index in [1.165, 1.54) is 12.8 Å². The summed E-state index contributed by atoms with van der Waals surface area (Å²) in [7, 11) is 1.79. The van der Waals surface area contributed by atoms with Crippen LogP contribution in [0.5, 0.6) is 0 Å². The van der Waals surface area contributed by atoms with Crippen molar-refractivity contribution >= 4 is 35.8 Å². The molecule has 0 bridgehead atoms. The summed E-state index contributed by atoms with van der Waals surface area (Å²) >= 11 is 0. The topological polar surface area (TPSA) is 68.8 Å². The van der Waals surface area contributed by atoms with Crippen LogP contribution in [0.1, 0.15) is 52.9 Å². The molecule has 2 fully saturated rings. The number of guanidine groups is 1. The summed E-state index contributed by atoms with van der Waals surface area (Å²) in [4.78, 5) is 18.8. The molecule has 6 nitrogen and oxygen atoms in total. The lowest BCUT2D eigenvalue weighted by Crippen LogP contribution is -2.48. The fourth-order valence-corrected chi connectivity index (χ4v) is 3.52. The summed E-state index contributed by atoms with van der Waals surface area (Å²) in [5.74, 6) is 1.48. The summed E-state index contributed by atoms with van der Waals surface area (Å²) in [5, 5.41) is 10.2. The van der Waals surface area contributed by atoms with Gasteiger partial charge in [-0.1, -0.05) is 12.8 Å². The van der Waals surface area contributed by atoms with Gasteiger partial charge in [-0.3, -0.25) is 9.79 Å². The Morgan fingerprint density at radius 2 is 1.84 bits per heavy atom. The highest BCUT2D eigenvalue weighted by atomic mass is 127. The first-order chi connectivity index (χ1) is 11.4. The SMILES string of the molecule is CN=C(NCCNC(C)(C)C)NC1CCN(C(=O)C2CCCC2)C1.I. The van der Waals surface area contributed by atoms with Crippen LogP contribution in [0, 0.1) is 5.92 Å². The van der Waals surface area contributed by atoms with Gasteiger partial charge in [-0.15, -0.1) is 24.0 Å². The second-order valence-electron chi connectivity index (χ2n) is 8.07. The first kappa shape index (κ1) is 22.5. The smallest absolute Gasteiger partial charge is 0.225 e. The average molecular weight is 465 g/mol. The fourth-order valence-electron chi connectivity index (χ4n) is 3.52. The standard InChI is InChI=1S/C18H35N5O.HI/c1-18(2,3)21-11-10-20-17(19-4)22-15-9-12-23(13-15)16(24)14-7-5-6-8-14;/h14-15,21H,5-13H2,1-4H3,(H2,19,20,22);1H. The molecule has 1 amide bonds. The maximum Gasteiger partial charge on any atom is 0.225 e. The lowest BCUT2D eigenvalue weighted by molar-refractivity contribution is -0.134. The van der Waals surface area contributed by atoms with Crippen LogP contribution in [0.15, 0.2) is 4.99 Å². The van der Waals surface area contributed by atoms with Crippen molar-refractivity contribution in [3.8, 4) is 0 Å². The van der Waals surface area contributed by atoms with Gasteiger partial charge in [0.2, 0.25) is 5.91 Å². The number of nitrogens with zero attached hydrogens (tertiary/aromatic N) is 2. The van der Waals surface area contributed by atoms with Crippen LogP contribution >= 0.6 is 24.0 Å². The van der Waals surface area contributed by atoms with Crippen LogP contribution < -0.4 is 16.0 Å². The van der Waals surface area contributed by atoms with Crippen LogP contribution in [-0.4, -0.2) is 61.6 Å². The first-order valence-electron chi connectivity index (χ1n) is 9.40. The molecule has 1 aliphatic carbocycles. The predicted molar refractivity (Wildman–Crippen MR) is 115 cm³/mol. The lowest BCUT2D eigenvalue weighted by Gasteiger charge is -2.23. The number of rotatable bonds is 5. The Bertz CT molecular complexity index is 443. The van der Waals surface area contributed by atoms with Crippen molar-refractivity contribution in [2.75, 3.05) is 33.2 Å². The number of carbonyl (C=O) groups excluding carboxylic acids is 1. The second-order valence-corrected chi connectivity index (χ2v) is 8.07. The highest BCUT2D eigenvalue weighted by molar-refractivity contribution is 14.0. The summed E-state index contributed by atoms with van der Waals surface area (Å²) < 4.78 is 0. The molecule has 0 aromatic rings. The zero-order valence-electron chi connectivity index (χ0n) is 16.2. The zero-order chi connectivity index (χ0) is 17.6. The average Bonchev–Trinajstić information content (AvgIpc) is 3.20. The van der Waals surface area contributed by atoms with E-state index in [0.717, 1.165) is 51.4 Å². The van der Waals surface area contributed by atoms with E-state index >= 15 is 0 Å². The molecule has 1 atom stereocenters. The number of hydrogen-bond acceptors (Lipinski definition) is 3. The third kappa shape index (κ3) is 7.68. The molecule has 2 aliphatic rings. The molecule has 25 heavy (non-hydrogen) atoms. The van der Waals surface area contributed by atoms with Gasteiger partial charge in [-0.05, 0) is 40.0 Å². The highest BCUT2D eigenvalue weighted by Gasteiger charge is 2.32. The van der Waals surface area contributed by atoms with Gasteiger partial charge >= 0.3 is 0 Å². The minimum atomic E-state index is 0. The van der Waals surface area contributed by atoms with Crippen LogP contribution in [-0.2, 0) is 4.79 Å². The van der Waals surface area contributed by atoms with E-state index in [2.05, 4.69) is 41.7 Å². The number of nitrogens with one attached hydrogen (secondary N) is 3. The molecular formula is C18H36IN5O. The fraction of sp³-hybridized carbons (Fsp3) is 0.889. The molecular weight excluding hydrogens is 429 g/mol. The third-order valence-corrected chi connectivity index (χ3v) is 4.84. The molecule has 0 radical (unpaired) electrons. The van der Waals surface area contributed by atoms with Gasteiger partial charge in [-0.25, -0.2) is 0 Å². The third-order valence-electron chi connectivity index (χ3n) is 4.84. The molecule has 1 heterocycles. The molecule has 146 valence electrons. The Morgan fingerprint density at radius 3 is 2.44 bits per heavy atom. The van der Waals surface area contributed by atoms with Crippen LogP contribution in [0.2, 0.25) is 0 Å². The number of aliphatic imine (C=N–C) groups is 1. The Labute approximate surface area is 170 Å². The minimum Gasteiger partial charge on any atom is -0.355 e. The number of amides is 1. The first-order valence-corrected chi connectivity index (χ1v) is 9.40. The molecule has 1 unspecified atom stereocenters. The summed E-state index contributed by atoms with van der Waals surface area (Å²) in [6, 6.07) is 0.303. The van der Waals surface area contributed by atoms with E-state index < -0.39 is 0 Å². The van der Waals surface area contributed by atoms with Crippen molar-refractivity contribution in [2.24, 2.45) is 10.9 Å². The predicted octanol–water partition coefficient (Wildman–Crippen LogP) is 1.95. The largest absolute Gasteiger partial charge is 0.355 e. The van der Waals surface area contributed by atoms with Crippen LogP contribution in [0.25, 0.3) is 0 Å². The molecule has 0 aromatic heterocycles. The Morgan fingerprint density at radius 1 is 1.16 bits per heavy atom. The van der Waals surface area contributed by atoms with Crippen LogP contribution in [0.3, 0.4) is 0 Å². The van der Waals surface area contributed by atoms with Gasteiger partial charge in [0.15, 0.2) is 5.96 Å².